The molecule has 0 spiro atoms. The number of benzene rings is 8. The van der Waals surface area contributed by atoms with Gasteiger partial charge in [-0.1, -0.05) is 140 Å². The van der Waals surface area contributed by atoms with E-state index in [9.17, 15) is 0 Å². The molecule has 0 aliphatic heterocycles. The Kier molecular flexibility index (Phi) is 7.07. The summed E-state index contributed by atoms with van der Waals surface area (Å²) in [5.41, 5.74) is 10.5. The highest BCUT2D eigenvalue weighted by Crippen LogP contribution is 2.45. The van der Waals surface area contributed by atoms with Gasteiger partial charge in [-0.05, 0) is 87.1 Å². The molecule has 226 valence electrons. The lowest BCUT2D eigenvalue weighted by Crippen LogP contribution is -2.11. The second kappa shape index (κ2) is 12.0. The largest absolute Gasteiger partial charge is 0.310 e. The Balaban J connectivity index is 1.26. The van der Waals surface area contributed by atoms with Crippen molar-refractivity contribution in [1.29, 1.82) is 0 Å². The van der Waals surface area contributed by atoms with E-state index in [1.807, 2.05) is 11.3 Å². The van der Waals surface area contributed by atoms with Crippen molar-refractivity contribution in [1.82, 2.24) is 0 Å². The van der Waals surface area contributed by atoms with Gasteiger partial charge in [0.05, 0.1) is 5.69 Å². The van der Waals surface area contributed by atoms with Crippen molar-refractivity contribution < 1.29 is 0 Å². The quantitative estimate of drug-likeness (QED) is 0.177. The van der Waals surface area contributed by atoms with Crippen molar-refractivity contribution in [3.63, 3.8) is 0 Å². The fourth-order valence-electron chi connectivity index (χ4n) is 6.96. The summed E-state index contributed by atoms with van der Waals surface area (Å²) in [6.45, 7) is 0. The van der Waals surface area contributed by atoms with Crippen LogP contribution in [0.5, 0.6) is 0 Å². The molecule has 0 bridgehead atoms. The lowest BCUT2D eigenvalue weighted by Gasteiger charge is -2.29. The highest BCUT2D eigenvalue weighted by Gasteiger charge is 2.19. The number of fused-ring (bicyclic) bond motifs is 4. The molecule has 0 amide bonds. The Bertz CT molecular complexity index is 2560. The van der Waals surface area contributed by atoms with E-state index in [4.69, 9.17) is 0 Å². The highest BCUT2D eigenvalue weighted by molar-refractivity contribution is 7.25. The predicted molar refractivity (Wildman–Crippen MR) is 208 cm³/mol. The molecule has 48 heavy (non-hydrogen) atoms. The Hall–Kier alpha value is -5.96. The lowest BCUT2D eigenvalue weighted by molar-refractivity contribution is 1.28. The normalized spacial score (nSPS) is 11.3. The van der Waals surface area contributed by atoms with E-state index in [1.54, 1.807) is 0 Å². The van der Waals surface area contributed by atoms with Crippen LogP contribution in [0.2, 0.25) is 0 Å². The second-order valence-corrected chi connectivity index (χ2v) is 13.2. The molecule has 0 aliphatic carbocycles. The van der Waals surface area contributed by atoms with Crippen molar-refractivity contribution in [2.24, 2.45) is 0 Å². The van der Waals surface area contributed by atoms with Crippen molar-refractivity contribution in [2.75, 3.05) is 4.90 Å². The van der Waals surface area contributed by atoms with Gasteiger partial charge in [-0.2, -0.15) is 0 Å². The Morgan fingerprint density at radius 2 is 0.958 bits per heavy atom. The Morgan fingerprint density at radius 3 is 1.83 bits per heavy atom. The van der Waals surface area contributed by atoms with Gasteiger partial charge in [0.2, 0.25) is 0 Å². The lowest BCUT2D eigenvalue weighted by atomic mass is 9.94. The predicted octanol–water partition coefficient (Wildman–Crippen LogP) is 13.7. The van der Waals surface area contributed by atoms with Gasteiger partial charge in [-0.3, -0.25) is 0 Å². The van der Waals surface area contributed by atoms with E-state index in [0.29, 0.717) is 0 Å². The maximum atomic E-state index is 2.42. The second-order valence-electron chi connectivity index (χ2n) is 12.2. The van der Waals surface area contributed by atoms with Crippen LogP contribution < -0.4 is 4.90 Å². The van der Waals surface area contributed by atoms with Gasteiger partial charge < -0.3 is 4.90 Å². The number of nitrogens with zero attached hydrogens (tertiary/aromatic N) is 1. The van der Waals surface area contributed by atoms with Crippen LogP contribution in [0, 0.1) is 0 Å². The van der Waals surface area contributed by atoms with Gasteiger partial charge in [0.25, 0.3) is 0 Å². The maximum Gasteiger partial charge on any atom is 0.0546 e. The molecule has 1 aromatic heterocycles. The average molecular weight is 630 g/mol. The highest BCUT2D eigenvalue weighted by atomic mass is 32.1. The number of hydrogen-bond acceptors (Lipinski definition) is 2. The van der Waals surface area contributed by atoms with Crippen LogP contribution in [-0.2, 0) is 0 Å². The molecule has 0 N–H and O–H groups in total. The van der Waals surface area contributed by atoms with E-state index in [0.717, 1.165) is 17.1 Å². The summed E-state index contributed by atoms with van der Waals surface area (Å²) in [6, 6.07) is 68.2. The molecular formula is C46H31NS. The van der Waals surface area contributed by atoms with E-state index < -0.39 is 0 Å². The summed E-state index contributed by atoms with van der Waals surface area (Å²) in [7, 11) is 0. The number of para-hydroxylation sites is 1. The van der Waals surface area contributed by atoms with E-state index >= 15 is 0 Å². The van der Waals surface area contributed by atoms with E-state index in [-0.39, 0.29) is 0 Å². The third kappa shape index (κ3) is 5.04. The van der Waals surface area contributed by atoms with Crippen molar-refractivity contribution in [2.45, 2.75) is 0 Å². The zero-order chi connectivity index (χ0) is 31.9. The Labute approximate surface area is 284 Å². The number of anilines is 3. The fraction of sp³-hybridized carbons (Fsp3) is 0. The third-order valence-electron chi connectivity index (χ3n) is 9.25. The third-order valence-corrected chi connectivity index (χ3v) is 10.4. The van der Waals surface area contributed by atoms with Crippen LogP contribution in [0.15, 0.2) is 188 Å². The molecule has 1 heterocycles. The standard InChI is InChI=1S/C46H31NS/c1-3-13-33(14-4-1)41-27-25-36(40-23-12-16-32-15-7-8-21-39(32)40)31-44(41)47(37-18-5-2-6-19-37)38-20-11-17-34(29-38)35-26-28-46-43(30-35)42-22-9-10-24-45(42)48-46/h1-31H. The molecule has 0 saturated heterocycles. The van der Waals surface area contributed by atoms with Gasteiger partial charge in [-0.25, -0.2) is 0 Å². The number of thiophene rings is 1. The minimum Gasteiger partial charge on any atom is -0.310 e. The molecular weight excluding hydrogens is 599 g/mol. The van der Waals surface area contributed by atoms with Crippen LogP contribution in [-0.4, -0.2) is 0 Å². The van der Waals surface area contributed by atoms with Gasteiger partial charge in [0, 0.05) is 37.1 Å². The minimum atomic E-state index is 1.11. The summed E-state index contributed by atoms with van der Waals surface area (Å²) in [5.74, 6) is 0. The molecule has 0 atom stereocenters. The van der Waals surface area contributed by atoms with Crippen LogP contribution in [0.3, 0.4) is 0 Å². The maximum absolute atomic E-state index is 2.42. The molecule has 0 unspecified atom stereocenters. The molecule has 0 radical (unpaired) electrons. The molecule has 9 aromatic rings. The van der Waals surface area contributed by atoms with Gasteiger partial charge in [0.1, 0.15) is 0 Å². The summed E-state index contributed by atoms with van der Waals surface area (Å²) < 4.78 is 2.65. The van der Waals surface area contributed by atoms with Crippen LogP contribution >= 0.6 is 11.3 Å². The molecule has 0 aliphatic rings. The average Bonchev–Trinajstić information content (AvgIpc) is 3.54. The SMILES string of the molecule is c1ccc(-c2ccc(-c3cccc4ccccc34)cc2N(c2ccccc2)c2cccc(-c3ccc4sc5ccccc5c4c3)c2)cc1. The zero-order valence-corrected chi connectivity index (χ0v) is 27.1. The minimum absolute atomic E-state index is 1.11. The molecule has 0 saturated carbocycles. The fourth-order valence-corrected chi connectivity index (χ4v) is 8.04. The van der Waals surface area contributed by atoms with Crippen LogP contribution in [0.4, 0.5) is 17.1 Å². The van der Waals surface area contributed by atoms with Crippen LogP contribution in [0.25, 0.3) is 64.3 Å². The van der Waals surface area contributed by atoms with Crippen LogP contribution in [0.1, 0.15) is 0 Å². The first-order valence-electron chi connectivity index (χ1n) is 16.3. The smallest absolute Gasteiger partial charge is 0.0546 e. The van der Waals surface area contributed by atoms with Gasteiger partial charge in [0.15, 0.2) is 0 Å². The first kappa shape index (κ1) is 28.3. The molecule has 8 aromatic carbocycles. The van der Waals surface area contributed by atoms with Crippen molar-refractivity contribution >= 4 is 59.3 Å². The molecule has 0 fully saturated rings. The van der Waals surface area contributed by atoms with Crippen molar-refractivity contribution in [3.8, 4) is 33.4 Å². The van der Waals surface area contributed by atoms with E-state index in [2.05, 4.69) is 193 Å². The summed E-state index contributed by atoms with van der Waals surface area (Å²) in [6.07, 6.45) is 0. The summed E-state index contributed by atoms with van der Waals surface area (Å²) in [5, 5.41) is 5.13. The van der Waals surface area contributed by atoms with Gasteiger partial charge >= 0.3 is 0 Å². The first-order valence-corrected chi connectivity index (χ1v) is 17.2. The topological polar surface area (TPSA) is 3.24 Å². The monoisotopic (exact) mass is 629 g/mol. The summed E-state index contributed by atoms with van der Waals surface area (Å²) >= 11 is 1.86. The van der Waals surface area contributed by atoms with Crippen molar-refractivity contribution in [3.05, 3.63) is 188 Å². The zero-order valence-electron chi connectivity index (χ0n) is 26.3. The van der Waals surface area contributed by atoms with E-state index in [1.165, 1.54) is 64.3 Å². The molecule has 9 rings (SSSR count). The Morgan fingerprint density at radius 1 is 0.333 bits per heavy atom. The number of hydrogen-bond donors (Lipinski definition) is 0. The first-order chi connectivity index (χ1) is 23.8. The summed E-state index contributed by atoms with van der Waals surface area (Å²) in [4.78, 5) is 2.42. The number of rotatable bonds is 6. The molecule has 1 nitrogen and oxygen atoms in total. The molecule has 2 heteroatoms. The van der Waals surface area contributed by atoms with Gasteiger partial charge in [-0.15, -0.1) is 11.3 Å².